The minimum Gasteiger partial charge on any atom is -0.379 e. The third kappa shape index (κ3) is 4.46. The molecule has 2 atom stereocenters. The van der Waals surface area contributed by atoms with Gasteiger partial charge in [0, 0.05) is 25.0 Å². The largest absolute Gasteiger partial charge is 0.379 e. The predicted molar refractivity (Wildman–Crippen MR) is 94.3 cm³/mol. The van der Waals surface area contributed by atoms with E-state index >= 15 is 0 Å². The third-order valence-corrected chi connectivity index (χ3v) is 4.36. The minimum absolute atomic E-state index is 0.0690. The normalized spacial score (nSPS) is 20.6. The molecule has 1 N–H and O–H groups in total. The van der Waals surface area contributed by atoms with Crippen LogP contribution in [0.1, 0.15) is 42.5 Å². The molecule has 6 nitrogen and oxygen atoms in total. The fraction of sp³-hybridized carbons (Fsp3) is 0.474. The number of rotatable bonds is 6. The number of carbonyl (C=O) groups is 1. The van der Waals surface area contributed by atoms with Gasteiger partial charge in [0.2, 0.25) is 0 Å². The standard InChI is InChI=1S/C19H25N3O3/c1-14(2)22-10-5-7-17(22)19(23)21-16-8-11-24-13-18(16)25-12-15-6-3-4-9-20-15/h3-7,9-10,14,16,18H,8,11-13H2,1-2H3,(H,21,23)/t16-,18-/m1/s1. The first-order chi connectivity index (χ1) is 12.1. The molecule has 0 aliphatic carbocycles. The monoisotopic (exact) mass is 343 g/mol. The summed E-state index contributed by atoms with van der Waals surface area (Å²) in [6.45, 7) is 5.63. The van der Waals surface area contributed by atoms with Gasteiger partial charge in [-0.3, -0.25) is 9.78 Å². The first-order valence-corrected chi connectivity index (χ1v) is 8.72. The summed E-state index contributed by atoms with van der Waals surface area (Å²) in [5, 5.41) is 3.12. The van der Waals surface area contributed by atoms with Crippen LogP contribution in [0, 0.1) is 0 Å². The van der Waals surface area contributed by atoms with Crippen molar-refractivity contribution < 1.29 is 14.3 Å². The molecule has 2 aromatic rings. The van der Waals surface area contributed by atoms with Gasteiger partial charge in [-0.15, -0.1) is 0 Å². The lowest BCUT2D eigenvalue weighted by Gasteiger charge is -2.32. The average molecular weight is 343 g/mol. The van der Waals surface area contributed by atoms with Crippen LogP contribution in [-0.2, 0) is 16.1 Å². The van der Waals surface area contributed by atoms with E-state index in [1.165, 1.54) is 0 Å². The molecule has 2 aromatic heterocycles. The molecule has 0 spiro atoms. The number of pyridine rings is 1. The molecule has 0 radical (unpaired) electrons. The minimum atomic E-state index is -0.179. The van der Waals surface area contributed by atoms with Crippen LogP contribution in [0.5, 0.6) is 0 Å². The molecule has 6 heteroatoms. The van der Waals surface area contributed by atoms with Crippen molar-refractivity contribution in [3.8, 4) is 0 Å². The quantitative estimate of drug-likeness (QED) is 0.875. The molecule has 0 aromatic carbocycles. The topological polar surface area (TPSA) is 65.4 Å². The van der Waals surface area contributed by atoms with E-state index in [9.17, 15) is 4.79 Å². The Morgan fingerprint density at radius 3 is 3.04 bits per heavy atom. The van der Waals surface area contributed by atoms with Crippen LogP contribution >= 0.6 is 0 Å². The number of aromatic nitrogens is 2. The number of ether oxygens (including phenoxy) is 2. The molecule has 134 valence electrons. The molecule has 1 amide bonds. The number of hydrogen-bond acceptors (Lipinski definition) is 4. The Balaban J connectivity index is 1.62. The van der Waals surface area contributed by atoms with E-state index in [0.29, 0.717) is 25.5 Å². The molecule has 25 heavy (non-hydrogen) atoms. The molecular weight excluding hydrogens is 318 g/mol. The summed E-state index contributed by atoms with van der Waals surface area (Å²) in [5.74, 6) is -0.0722. The van der Waals surface area contributed by atoms with Gasteiger partial charge >= 0.3 is 0 Å². The Morgan fingerprint density at radius 2 is 2.28 bits per heavy atom. The van der Waals surface area contributed by atoms with Crippen molar-refractivity contribution in [1.82, 2.24) is 14.9 Å². The molecule has 1 saturated heterocycles. The maximum absolute atomic E-state index is 12.7. The molecule has 0 bridgehead atoms. The Hall–Kier alpha value is -2.18. The lowest BCUT2D eigenvalue weighted by atomic mass is 10.1. The number of carbonyl (C=O) groups excluding carboxylic acids is 1. The van der Waals surface area contributed by atoms with E-state index in [1.807, 2.05) is 41.1 Å². The van der Waals surface area contributed by atoms with Crippen molar-refractivity contribution in [2.24, 2.45) is 0 Å². The second-order valence-electron chi connectivity index (χ2n) is 6.51. The first-order valence-electron chi connectivity index (χ1n) is 8.72. The van der Waals surface area contributed by atoms with Crippen molar-refractivity contribution in [3.63, 3.8) is 0 Å². The molecule has 1 fully saturated rings. The van der Waals surface area contributed by atoms with Crippen LogP contribution in [0.15, 0.2) is 42.7 Å². The van der Waals surface area contributed by atoms with E-state index in [4.69, 9.17) is 9.47 Å². The Kier molecular flexibility index (Phi) is 5.83. The van der Waals surface area contributed by atoms with Gasteiger partial charge in [-0.1, -0.05) is 6.07 Å². The van der Waals surface area contributed by atoms with Gasteiger partial charge in [0.25, 0.3) is 5.91 Å². The zero-order valence-electron chi connectivity index (χ0n) is 14.7. The molecular formula is C19H25N3O3. The third-order valence-electron chi connectivity index (χ3n) is 4.36. The number of amides is 1. The SMILES string of the molecule is CC(C)n1cccc1C(=O)N[C@@H]1CCOC[C@H]1OCc1ccccn1. The van der Waals surface area contributed by atoms with Gasteiger partial charge in [0.15, 0.2) is 0 Å². The second-order valence-corrected chi connectivity index (χ2v) is 6.51. The van der Waals surface area contributed by atoms with E-state index in [-0.39, 0.29) is 24.1 Å². The van der Waals surface area contributed by atoms with Gasteiger partial charge < -0.3 is 19.4 Å². The van der Waals surface area contributed by atoms with Gasteiger partial charge in [-0.05, 0) is 44.5 Å². The van der Waals surface area contributed by atoms with Gasteiger partial charge in [0.1, 0.15) is 11.8 Å². The van der Waals surface area contributed by atoms with Crippen molar-refractivity contribution in [2.45, 2.75) is 45.1 Å². The van der Waals surface area contributed by atoms with Crippen molar-refractivity contribution in [2.75, 3.05) is 13.2 Å². The highest BCUT2D eigenvalue weighted by Crippen LogP contribution is 2.16. The Labute approximate surface area is 148 Å². The van der Waals surface area contributed by atoms with Crippen molar-refractivity contribution in [3.05, 3.63) is 54.1 Å². The highest BCUT2D eigenvalue weighted by molar-refractivity contribution is 5.93. The molecule has 3 heterocycles. The van der Waals surface area contributed by atoms with Gasteiger partial charge in [-0.2, -0.15) is 0 Å². The smallest absolute Gasteiger partial charge is 0.268 e. The summed E-state index contributed by atoms with van der Waals surface area (Å²) < 4.78 is 13.5. The molecule has 3 rings (SSSR count). The zero-order valence-corrected chi connectivity index (χ0v) is 14.7. The molecule has 1 aliphatic rings. The summed E-state index contributed by atoms with van der Waals surface area (Å²) >= 11 is 0. The molecule has 0 unspecified atom stereocenters. The van der Waals surface area contributed by atoms with Crippen LogP contribution in [-0.4, -0.2) is 40.8 Å². The molecule has 0 saturated carbocycles. The average Bonchev–Trinajstić information content (AvgIpc) is 3.12. The van der Waals surface area contributed by atoms with Gasteiger partial charge in [0.05, 0.1) is 24.9 Å². The Morgan fingerprint density at radius 1 is 1.40 bits per heavy atom. The second kappa shape index (κ2) is 8.27. The van der Waals surface area contributed by atoms with Crippen LogP contribution in [0.3, 0.4) is 0 Å². The summed E-state index contributed by atoms with van der Waals surface area (Å²) in [7, 11) is 0. The van der Waals surface area contributed by atoms with Crippen molar-refractivity contribution in [1.29, 1.82) is 0 Å². The van der Waals surface area contributed by atoms with Crippen LogP contribution < -0.4 is 5.32 Å². The fourth-order valence-electron chi connectivity index (χ4n) is 3.00. The summed E-state index contributed by atoms with van der Waals surface area (Å²) in [4.78, 5) is 16.9. The lowest BCUT2D eigenvalue weighted by molar-refractivity contribution is -0.0743. The maximum Gasteiger partial charge on any atom is 0.268 e. The lowest BCUT2D eigenvalue weighted by Crippen LogP contribution is -2.50. The number of nitrogens with one attached hydrogen (secondary N) is 1. The van der Waals surface area contributed by atoms with Crippen molar-refractivity contribution >= 4 is 5.91 Å². The first kappa shape index (κ1) is 17.6. The van der Waals surface area contributed by atoms with Gasteiger partial charge in [-0.25, -0.2) is 0 Å². The summed E-state index contributed by atoms with van der Waals surface area (Å²) in [6, 6.07) is 9.64. The Bertz CT molecular complexity index is 684. The van der Waals surface area contributed by atoms with Crippen LogP contribution in [0.2, 0.25) is 0 Å². The van der Waals surface area contributed by atoms with Crippen LogP contribution in [0.4, 0.5) is 0 Å². The summed E-state index contributed by atoms with van der Waals surface area (Å²) in [5.41, 5.74) is 1.54. The zero-order chi connectivity index (χ0) is 17.6. The summed E-state index contributed by atoms with van der Waals surface area (Å²) in [6.07, 6.45) is 4.23. The fourth-order valence-corrected chi connectivity index (χ4v) is 3.00. The predicted octanol–water partition coefficient (Wildman–Crippen LogP) is 2.57. The van der Waals surface area contributed by atoms with E-state index in [1.54, 1.807) is 6.20 Å². The van der Waals surface area contributed by atoms with E-state index < -0.39 is 0 Å². The number of nitrogens with zero attached hydrogens (tertiary/aromatic N) is 2. The molecule has 1 aliphatic heterocycles. The highest BCUT2D eigenvalue weighted by atomic mass is 16.5. The highest BCUT2D eigenvalue weighted by Gasteiger charge is 2.29. The van der Waals surface area contributed by atoms with E-state index in [2.05, 4.69) is 24.1 Å². The van der Waals surface area contributed by atoms with Crippen LogP contribution in [0.25, 0.3) is 0 Å². The number of hydrogen-bond donors (Lipinski definition) is 1. The van der Waals surface area contributed by atoms with E-state index in [0.717, 1.165) is 12.1 Å². The maximum atomic E-state index is 12.7.